The van der Waals surface area contributed by atoms with E-state index in [9.17, 15) is 14.7 Å². The summed E-state index contributed by atoms with van der Waals surface area (Å²) in [5.74, 6) is 1.52. The molecule has 0 bridgehead atoms. The van der Waals surface area contributed by atoms with Gasteiger partial charge in [0.25, 0.3) is 5.91 Å². The summed E-state index contributed by atoms with van der Waals surface area (Å²) >= 11 is 0. The molecule has 5 rings (SSSR count). The first-order valence-electron chi connectivity index (χ1n) is 12.3. The number of carbonyl (C=O) groups excluding carboxylic acids is 2. The molecule has 2 saturated carbocycles. The van der Waals surface area contributed by atoms with E-state index >= 15 is 0 Å². The van der Waals surface area contributed by atoms with Crippen molar-refractivity contribution in [2.45, 2.75) is 83.8 Å². The van der Waals surface area contributed by atoms with Gasteiger partial charge in [0, 0.05) is 17.5 Å². The minimum Gasteiger partial charge on any atom is -0.467 e. The Bertz CT molecular complexity index is 846. The van der Waals surface area contributed by atoms with Crippen molar-refractivity contribution in [1.82, 2.24) is 4.90 Å². The highest BCUT2D eigenvalue weighted by molar-refractivity contribution is 5.98. The molecule has 31 heavy (non-hydrogen) atoms. The number of likely N-dealkylation sites (tertiary alicyclic amines) is 1. The molecule has 0 aromatic carbocycles. The monoisotopic (exact) mass is 427 g/mol. The Kier molecular flexibility index (Phi) is 5.12. The number of nitrogens with zero attached hydrogens (tertiary/aromatic N) is 1. The van der Waals surface area contributed by atoms with Crippen LogP contribution in [0.25, 0.3) is 0 Å². The van der Waals surface area contributed by atoms with Gasteiger partial charge in [0.05, 0.1) is 13.2 Å². The van der Waals surface area contributed by atoms with Crippen molar-refractivity contribution in [1.29, 1.82) is 0 Å². The van der Waals surface area contributed by atoms with E-state index in [1.807, 2.05) is 0 Å². The Morgan fingerprint density at radius 2 is 1.84 bits per heavy atom. The molecule has 3 fully saturated rings. The number of rotatable bonds is 2. The molecule has 0 aromatic rings. The molecule has 5 heteroatoms. The number of aliphatic hydroxyl groups is 1. The summed E-state index contributed by atoms with van der Waals surface area (Å²) in [5.41, 5.74) is 2.54. The van der Waals surface area contributed by atoms with Crippen molar-refractivity contribution in [3.05, 3.63) is 23.3 Å². The van der Waals surface area contributed by atoms with Crippen molar-refractivity contribution >= 4 is 11.9 Å². The molecule has 4 aliphatic carbocycles. The molecular formula is C26H37NO4. The third-order valence-electron chi connectivity index (χ3n) is 9.88. The standard InChI is InChI=1S/C26H37NO4/c1-25-12-10-17(28)15-16(25)6-7-18-19-8-9-21(26(19,2)13-11-20(18)25)23(29)27-14-4-5-22(27)24(30)31-3/h6,9,17-20,22,28H,4-5,7-8,10-15H2,1-3H3/t17-,18-,19-,20-,22?,25-,26+/m0/s1. The molecule has 1 aliphatic heterocycles. The molecule has 7 atom stereocenters. The predicted molar refractivity (Wildman–Crippen MR) is 118 cm³/mol. The van der Waals surface area contributed by atoms with Crippen LogP contribution in [0.4, 0.5) is 0 Å². The van der Waals surface area contributed by atoms with Gasteiger partial charge in [0.2, 0.25) is 0 Å². The second-order valence-corrected chi connectivity index (χ2v) is 11.1. The van der Waals surface area contributed by atoms with E-state index in [0.717, 1.165) is 56.9 Å². The van der Waals surface area contributed by atoms with Crippen molar-refractivity contribution in [2.75, 3.05) is 13.7 Å². The number of carbonyl (C=O) groups is 2. The number of esters is 1. The SMILES string of the molecule is COC(=O)C1CCCN1C(=O)C1=CC[C@H]2[C@@H]3CC=C4C[C@@H](O)CC[C@]4(C)[C@H]3CC[C@@]12C. The Hall–Kier alpha value is -1.62. The molecule has 1 N–H and O–H groups in total. The number of hydrogen-bond acceptors (Lipinski definition) is 4. The van der Waals surface area contributed by atoms with Crippen molar-refractivity contribution < 1.29 is 19.4 Å². The van der Waals surface area contributed by atoms with Gasteiger partial charge < -0.3 is 14.7 Å². The van der Waals surface area contributed by atoms with Gasteiger partial charge in [-0.3, -0.25) is 4.79 Å². The van der Waals surface area contributed by atoms with E-state index in [0.29, 0.717) is 30.7 Å². The smallest absolute Gasteiger partial charge is 0.328 e. The van der Waals surface area contributed by atoms with Crippen molar-refractivity contribution in [2.24, 2.45) is 28.6 Å². The van der Waals surface area contributed by atoms with Gasteiger partial charge in [-0.15, -0.1) is 0 Å². The van der Waals surface area contributed by atoms with Crippen LogP contribution in [0.2, 0.25) is 0 Å². The number of aliphatic hydroxyl groups excluding tert-OH is 1. The number of hydrogen-bond donors (Lipinski definition) is 1. The number of fused-ring (bicyclic) bond motifs is 5. The quantitative estimate of drug-likeness (QED) is 0.534. The summed E-state index contributed by atoms with van der Waals surface area (Å²) in [6.45, 7) is 5.39. The number of ether oxygens (including phenoxy) is 1. The minimum atomic E-state index is -0.426. The van der Waals surface area contributed by atoms with E-state index in [4.69, 9.17) is 4.74 Å². The molecule has 1 amide bonds. The highest BCUT2D eigenvalue weighted by Crippen LogP contribution is 2.65. The maximum absolute atomic E-state index is 13.6. The van der Waals surface area contributed by atoms with Crippen LogP contribution in [0.5, 0.6) is 0 Å². The second-order valence-electron chi connectivity index (χ2n) is 11.1. The Balaban J connectivity index is 1.39. The molecule has 170 valence electrons. The number of allylic oxidation sites excluding steroid dienone is 2. The van der Waals surface area contributed by atoms with Crippen LogP contribution in [-0.4, -0.2) is 47.7 Å². The largest absolute Gasteiger partial charge is 0.467 e. The molecule has 0 radical (unpaired) electrons. The molecular weight excluding hydrogens is 390 g/mol. The summed E-state index contributed by atoms with van der Waals surface area (Å²) in [5, 5.41) is 10.2. The molecule has 1 heterocycles. The van der Waals surface area contributed by atoms with E-state index in [1.54, 1.807) is 4.90 Å². The van der Waals surface area contributed by atoms with E-state index in [1.165, 1.54) is 12.7 Å². The average molecular weight is 428 g/mol. The van der Waals surface area contributed by atoms with Crippen LogP contribution in [0.1, 0.15) is 71.6 Å². The fraction of sp³-hybridized carbons (Fsp3) is 0.769. The second kappa shape index (κ2) is 7.47. The topological polar surface area (TPSA) is 66.8 Å². The third kappa shape index (κ3) is 3.06. The van der Waals surface area contributed by atoms with Crippen molar-refractivity contribution in [3.63, 3.8) is 0 Å². The minimum absolute atomic E-state index is 0.0652. The predicted octanol–water partition coefficient (Wildman–Crippen LogP) is 4.01. The highest BCUT2D eigenvalue weighted by Gasteiger charge is 2.58. The average Bonchev–Trinajstić information content (AvgIpc) is 3.37. The summed E-state index contributed by atoms with van der Waals surface area (Å²) in [4.78, 5) is 27.6. The Morgan fingerprint density at radius 1 is 1.06 bits per heavy atom. The molecule has 1 saturated heterocycles. The van der Waals surface area contributed by atoms with Gasteiger partial charge in [0.1, 0.15) is 6.04 Å². The zero-order chi connectivity index (χ0) is 22.0. The third-order valence-corrected chi connectivity index (χ3v) is 9.88. The molecule has 5 nitrogen and oxygen atoms in total. The first-order valence-corrected chi connectivity index (χ1v) is 12.3. The summed E-state index contributed by atoms with van der Waals surface area (Å²) in [7, 11) is 1.41. The fourth-order valence-electron chi connectivity index (χ4n) is 8.09. The van der Waals surface area contributed by atoms with Crippen LogP contribution in [0.15, 0.2) is 23.3 Å². The maximum Gasteiger partial charge on any atom is 0.328 e. The number of amides is 1. The van der Waals surface area contributed by atoms with Gasteiger partial charge >= 0.3 is 5.97 Å². The zero-order valence-electron chi connectivity index (χ0n) is 19.2. The van der Waals surface area contributed by atoms with E-state index in [-0.39, 0.29) is 28.8 Å². The Labute approximate surface area is 185 Å². The lowest BCUT2D eigenvalue weighted by atomic mass is 9.47. The fourth-order valence-corrected chi connectivity index (χ4v) is 8.09. The van der Waals surface area contributed by atoms with E-state index < -0.39 is 6.04 Å². The number of methoxy groups -OCH3 is 1. The van der Waals surface area contributed by atoms with Crippen LogP contribution >= 0.6 is 0 Å². The summed E-state index contributed by atoms with van der Waals surface area (Å²) in [6, 6.07) is -0.426. The van der Waals surface area contributed by atoms with Crippen molar-refractivity contribution in [3.8, 4) is 0 Å². The normalized spacial score (nSPS) is 44.0. The van der Waals surface area contributed by atoms with Crippen LogP contribution in [0, 0.1) is 28.6 Å². The molecule has 0 spiro atoms. The molecule has 5 aliphatic rings. The zero-order valence-corrected chi connectivity index (χ0v) is 19.2. The van der Waals surface area contributed by atoms with Crippen LogP contribution < -0.4 is 0 Å². The lowest BCUT2D eigenvalue weighted by molar-refractivity contribution is -0.150. The first kappa shape index (κ1) is 21.2. The lowest BCUT2D eigenvalue weighted by Gasteiger charge is -2.57. The summed E-state index contributed by atoms with van der Waals surface area (Å²) in [6.07, 6.45) is 13.1. The first-order chi connectivity index (χ1) is 14.8. The van der Waals surface area contributed by atoms with Gasteiger partial charge in [-0.1, -0.05) is 31.6 Å². The maximum atomic E-state index is 13.6. The lowest BCUT2D eigenvalue weighted by Crippen LogP contribution is -2.51. The van der Waals surface area contributed by atoms with Gasteiger partial charge in [-0.05, 0) is 81.0 Å². The van der Waals surface area contributed by atoms with Crippen LogP contribution in [-0.2, 0) is 14.3 Å². The van der Waals surface area contributed by atoms with E-state index in [2.05, 4.69) is 26.0 Å². The molecule has 0 aromatic heterocycles. The van der Waals surface area contributed by atoms with Gasteiger partial charge in [-0.2, -0.15) is 0 Å². The summed E-state index contributed by atoms with van der Waals surface area (Å²) < 4.78 is 4.97. The van der Waals surface area contributed by atoms with Crippen LogP contribution in [0.3, 0.4) is 0 Å². The highest BCUT2D eigenvalue weighted by atomic mass is 16.5. The molecule has 1 unspecified atom stereocenters. The Morgan fingerprint density at radius 3 is 2.61 bits per heavy atom. The van der Waals surface area contributed by atoms with Gasteiger partial charge in [0.15, 0.2) is 0 Å². The van der Waals surface area contributed by atoms with Gasteiger partial charge in [-0.25, -0.2) is 4.79 Å².